The number of rotatable bonds is 8. The molecule has 0 unspecified atom stereocenters. The Labute approximate surface area is 141 Å². The van der Waals surface area contributed by atoms with Crippen molar-refractivity contribution in [2.75, 3.05) is 20.3 Å². The summed E-state index contributed by atoms with van der Waals surface area (Å²) in [5, 5.41) is 0. The number of methoxy groups -OCH3 is 1. The largest absolute Gasteiger partial charge is 0.497 e. The van der Waals surface area contributed by atoms with Gasteiger partial charge in [-0.15, -0.1) is 0 Å². The summed E-state index contributed by atoms with van der Waals surface area (Å²) in [6, 6.07) is 12.8. The second kappa shape index (κ2) is 7.94. The maximum atomic E-state index is 12.1. The van der Waals surface area contributed by atoms with Crippen LogP contribution in [0, 0.1) is 0 Å². The molecule has 0 atom stereocenters. The predicted molar refractivity (Wildman–Crippen MR) is 90.1 cm³/mol. The Bertz CT molecular complexity index is 783. The zero-order valence-electron chi connectivity index (χ0n) is 13.5. The molecule has 128 valence electrons. The molecule has 0 amide bonds. The number of ketones is 1. The molecule has 0 radical (unpaired) electrons. The number of sulfonamides is 1. The molecule has 0 heterocycles. The van der Waals surface area contributed by atoms with Crippen LogP contribution in [0.4, 0.5) is 0 Å². The molecule has 0 aliphatic carbocycles. The van der Waals surface area contributed by atoms with Gasteiger partial charge in [0.15, 0.2) is 5.78 Å². The first-order valence-electron chi connectivity index (χ1n) is 7.30. The van der Waals surface area contributed by atoms with E-state index in [1.54, 1.807) is 31.4 Å². The highest BCUT2D eigenvalue weighted by atomic mass is 32.2. The van der Waals surface area contributed by atoms with Gasteiger partial charge in [0, 0.05) is 12.1 Å². The molecule has 7 heteroatoms. The lowest BCUT2D eigenvalue weighted by atomic mass is 10.2. The average molecular weight is 349 g/mol. The Hall–Kier alpha value is -2.38. The monoisotopic (exact) mass is 349 g/mol. The van der Waals surface area contributed by atoms with Gasteiger partial charge in [-0.05, 0) is 43.3 Å². The molecule has 1 N–H and O–H groups in total. The van der Waals surface area contributed by atoms with E-state index in [2.05, 4.69) is 4.72 Å². The van der Waals surface area contributed by atoms with Crippen molar-refractivity contribution in [2.45, 2.75) is 11.8 Å². The maximum absolute atomic E-state index is 12.1. The first-order valence-corrected chi connectivity index (χ1v) is 8.78. The lowest BCUT2D eigenvalue weighted by molar-refractivity contribution is 0.101. The van der Waals surface area contributed by atoms with Crippen LogP contribution in [0.1, 0.15) is 17.3 Å². The third-order valence-electron chi connectivity index (χ3n) is 3.29. The molecule has 0 fully saturated rings. The van der Waals surface area contributed by atoms with Crippen LogP contribution in [-0.2, 0) is 10.0 Å². The third kappa shape index (κ3) is 4.81. The highest BCUT2D eigenvalue weighted by molar-refractivity contribution is 7.89. The average Bonchev–Trinajstić information content (AvgIpc) is 2.59. The van der Waals surface area contributed by atoms with E-state index >= 15 is 0 Å². The lowest BCUT2D eigenvalue weighted by Crippen LogP contribution is -2.28. The van der Waals surface area contributed by atoms with E-state index in [0.29, 0.717) is 11.3 Å². The zero-order valence-corrected chi connectivity index (χ0v) is 14.3. The fourth-order valence-corrected chi connectivity index (χ4v) is 2.98. The van der Waals surface area contributed by atoms with Crippen molar-refractivity contribution < 1.29 is 22.7 Å². The van der Waals surface area contributed by atoms with Crippen LogP contribution in [-0.4, -0.2) is 34.5 Å². The summed E-state index contributed by atoms with van der Waals surface area (Å²) >= 11 is 0. The molecule has 0 saturated heterocycles. The SMILES string of the molecule is COc1ccc(OCCNS(=O)(=O)c2ccc(C(C)=O)cc2)cc1. The van der Waals surface area contributed by atoms with E-state index in [1.165, 1.54) is 31.2 Å². The Balaban J connectivity index is 1.86. The van der Waals surface area contributed by atoms with Crippen LogP contribution in [0.5, 0.6) is 11.5 Å². The van der Waals surface area contributed by atoms with Crippen molar-refractivity contribution in [1.82, 2.24) is 4.72 Å². The van der Waals surface area contributed by atoms with Crippen molar-refractivity contribution in [3.05, 3.63) is 54.1 Å². The molecule has 6 nitrogen and oxygen atoms in total. The Kier molecular flexibility index (Phi) is 5.94. The number of hydrogen-bond acceptors (Lipinski definition) is 5. The van der Waals surface area contributed by atoms with Crippen molar-refractivity contribution >= 4 is 15.8 Å². The summed E-state index contributed by atoms with van der Waals surface area (Å²) in [5.41, 5.74) is 0.469. The van der Waals surface area contributed by atoms with Crippen LogP contribution < -0.4 is 14.2 Å². The summed E-state index contributed by atoms with van der Waals surface area (Å²) < 4.78 is 37.2. The maximum Gasteiger partial charge on any atom is 0.240 e. The van der Waals surface area contributed by atoms with Crippen LogP contribution >= 0.6 is 0 Å². The lowest BCUT2D eigenvalue weighted by Gasteiger charge is -2.09. The standard InChI is InChI=1S/C17H19NO5S/c1-13(19)14-3-9-17(10-4-14)24(20,21)18-11-12-23-16-7-5-15(22-2)6-8-16/h3-10,18H,11-12H2,1-2H3. The van der Waals surface area contributed by atoms with Gasteiger partial charge in [-0.25, -0.2) is 13.1 Å². The van der Waals surface area contributed by atoms with E-state index in [0.717, 1.165) is 5.75 Å². The molecular formula is C17H19NO5S. The van der Waals surface area contributed by atoms with Gasteiger partial charge >= 0.3 is 0 Å². The van der Waals surface area contributed by atoms with Gasteiger partial charge in [0.2, 0.25) is 10.0 Å². The summed E-state index contributed by atoms with van der Waals surface area (Å²) in [4.78, 5) is 11.3. The van der Waals surface area contributed by atoms with Gasteiger partial charge in [0.25, 0.3) is 0 Å². The first-order chi connectivity index (χ1) is 11.4. The molecule has 2 aromatic rings. The van der Waals surface area contributed by atoms with E-state index in [-0.39, 0.29) is 23.8 Å². The van der Waals surface area contributed by atoms with Crippen molar-refractivity contribution in [3.8, 4) is 11.5 Å². The van der Waals surface area contributed by atoms with Crippen LogP contribution in [0.2, 0.25) is 0 Å². The fourth-order valence-electron chi connectivity index (χ4n) is 1.97. The minimum atomic E-state index is -3.63. The second-order valence-corrected chi connectivity index (χ2v) is 6.77. The van der Waals surface area contributed by atoms with E-state index in [4.69, 9.17) is 9.47 Å². The smallest absolute Gasteiger partial charge is 0.240 e. The number of hydrogen-bond donors (Lipinski definition) is 1. The summed E-state index contributed by atoms with van der Waals surface area (Å²) in [5.74, 6) is 1.23. The zero-order chi connectivity index (χ0) is 17.6. The highest BCUT2D eigenvalue weighted by Crippen LogP contribution is 2.16. The number of Topliss-reactive ketones (excluding diaryl/α,β-unsaturated/α-hetero) is 1. The Morgan fingerprint density at radius 1 is 1.00 bits per heavy atom. The van der Waals surface area contributed by atoms with E-state index < -0.39 is 10.0 Å². The number of nitrogens with one attached hydrogen (secondary N) is 1. The normalized spacial score (nSPS) is 11.1. The Morgan fingerprint density at radius 2 is 1.58 bits per heavy atom. The molecule has 2 aromatic carbocycles. The van der Waals surface area contributed by atoms with Gasteiger partial charge in [-0.3, -0.25) is 4.79 Å². The van der Waals surface area contributed by atoms with Gasteiger partial charge in [-0.1, -0.05) is 12.1 Å². The molecule has 0 aliphatic heterocycles. The molecule has 0 aromatic heterocycles. The van der Waals surface area contributed by atoms with Gasteiger partial charge in [-0.2, -0.15) is 0 Å². The molecule has 0 saturated carbocycles. The van der Waals surface area contributed by atoms with E-state index in [1.807, 2.05) is 0 Å². The minimum absolute atomic E-state index is 0.108. The molecule has 2 rings (SSSR count). The van der Waals surface area contributed by atoms with Crippen LogP contribution in [0.3, 0.4) is 0 Å². The summed E-state index contributed by atoms with van der Waals surface area (Å²) in [7, 11) is -2.05. The summed E-state index contributed by atoms with van der Waals surface area (Å²) in [6.45, 7) is 1.75. The number of carbonyl (C=O) groups excluding carboxylic acids is 1. The quantitative estimate of drug-likeness (QED) is 0.584. The van der Waals surface area contributed by atoms with Crippen molar-refractivity contribution in [2.24, 2.45) is 0 Å². The van der Waals surface area contributed by atoms with Crippen LogP contribution in [0.25, 0.3) is 0 Å². The predicted octanol–water partition coefficient (Wildman–Crippen LogP) is 2.26. The third-order valence-corrected chi connectivity index (χ3v) is 4.77. The Morgan fingerprint density at radius 3 is 2.12 bits per heavy atom. The van der Waals surface area contributed by atoms with Crippen LogP contribution in [0.15, 0.2) is 53.4 Å². The van der Waals surface area contributed by atoms with Crippen molar-refractivity contribution in [1.29, 1.82) is 0 Å². The van der Waals surface area contributed by atoms with Gasteiger partial charge in [0.1, 0.15) is 18.1 Å². The number of carbonyl (C=O) groups is 1. The molecule has 0 aliphatic rings. The first kappa shape index (κ1) is 18.0. The second-order valence-electron chi connectivity index (χ2n) is 5.00. The highest BCUT2D eigenvalue weighted by Gasteiger charge is 2.13. The van der Waals surface area contributed by atoms with Gasteiger partial charge < -0.3 is 9.47 Å². The number of ether oxygens (including phenoxy) is 2. The molecule has 0 spiro atoms. The van der Waals surface area contributed by atoms with Crippen molar-refractivity contribution in [3.63, 3.8) is 0 Å². The molecule has 24 heavy (non-hydrogen) atoms. The molecular weight excluding hydrogens is 330 g/mol. The summed E-state index contributed by atoms with van der Waals surface area (Å²) in [6.07, 6.45) is 0. The van der Waals surface area contributed by atoms with E-state index in [9.17, 15) is 13.2 Å². The topological polar surface area (TPSA) is 81.7 Å². The fraction of sp³-hybridized carbons (Fsp3) is 0.235. The minimum Gasteiger partial charge on any atom is -0.497 e. The van der Waals surface area contributed by atoms with Gasteiger partial charge in [0.05, 0.1) is 12.0 Å². The molecule has 0 bridgehead atoms. The number of benzene rings is 2.